The lowest BCUT2D eigenvalue weighted by atomic mass is 9.98. The number of unbranched alkanes of at least 4 members (excludes halogenated alkanes) is 7. The summed E-state index contributed by atoms with van der Waals surface area (Å²) in [6, 6.07) is 4.23. The summed E-state index contributed by atoms with van der Waals surface area (Å²) in [6.45, 7) is 4.27. The van der Waals surface area contributed by atoms with E-state index in [0.717, 1.165) is 35.5 Å². The van der Waals surface area contributed by atoms with Gasteiger partial charge in [-0.1, -0.05) is 58.3 Å². The molecule has 1 aromatic carbocycles. The second kappa shape index (κ2) is 13.3. The lowest BCUT2D eigenvalue weighted by molar-refractivity contribution is 0.392. The van der Waals surface area contributed by atoms with E-state index in [0.29, 0.717) is 0 Å². The molecule has 0 spiro atoms. The van der Waals surface area contributed by atoms with Gasteiger partial charge in [0.05, 0.1) is 14.2 Å². The summed E-state index contributed by atoms with van der Waals surface area (Å²) >= 11 is 4.84. The van der Waals surface area contributed by atoms with Crippen LogP contribution in [0.2, 0.25) is 0 Å². The third-order valence-corrected chi connectivity index (χ3v) is 5.40. The molecule has 0 saturated heterocycles. The van der Waals surface area contributed by atoms with Crippen molar-refractivity contribution >= 4 is 12.6 Å². The first-order valence-electron chi connectivity index (χ1n) is 10.2. The van der Waals surface area contributed by atoms with Crippen LogP contribution in [0, 0.1) is 0 Å². The Kier molecular flexibility index (Phi) is 11.9. The van der Waals surface area contributed by atoms with Crippen LogP contribution in [0.15, 0.2) is 12.1 Å². The average molecular weight is 382 g/mol. The molecule has 3 nitrogen and oxygen atoms in total. The highest BCUT2D eigenvalue weighted by Crippen LogP contribution is 2.38. The van der Waals surface area contributed by atoms with E-state index in [1.807, 2.05) is 6.92 Å². The van der Waals surface area contributed by atoms with Gasteiger partial charge in [-0.25, -0.2) is 0 Å². The van der Waals surface area contributed by atoms with Crippen molar-refractivity contribution in [2.75, 3.05) is 14.2 Å². The molecule has 0 aliphatic carbocycles. The number of methoxy groups -OCH3 is 2. The summed E-state index contributed by atoms with van der Waals surface area (Å²) in [5.41, 5.74) is 8.17. The minimum atomic E-state index is 0.0866. The highest BCUT2D eigenvalue weighted by molar-refractivity contribution is 7.80. The van der Waals surface area contributed by atoms with Crippen LogP contribution in [0.1, 0.15) is 88.0 Å². The van der Waals surface area contributed by atoms with Crippen molar-refractivity contribution in [2.45, 2.75) is 89.3 Å². The summed E-state index contributed by atoms with van der Waals surface area (Å²) < 4.78 is 11.2. The minimum Gasteiger partial charge on any atom is -0.496 e. The Bertz CT molecular complexity index is 505. The van der Waals surface area contributed by atoms with Gasteiger partial charge in [-0.2, -0.15) is 12.6 Å². The second-order valence-electron chi connectivity index (χ2n) is 7.37. The van der Waals surface area contributed by atoms with Crippen LogP contribution < -0.4 is 15.2 Å². The molecule has 0 aliphatic rings. The minimum absolute atomic E-state index is 0.0866. The van der Waals surface area contributed by atoms with Gasteiger partial charge in [-0.15, -0.1) is 0 Å². The van der Waals surface area contributed by atoms with Crippen LogP contribution in [-0.4, -0.2) is 20.3 Å². The highest BCUT2D eigenvalue weighted by atomic mass is 32.1. The fourth-order valence-electron chi connectivity index (χ4n) is 3.38. The predicted octanol–water partition coefficient (Wildman–Crippen LogP) is 6.10. The SMILES string of the molecule is CCCCCCCCCCC(S)c1cc(OC)c(CC(C)N)cc1OC. The molecule has 2 atom stereocenters. The summed E-state index contributed by atoms with van der Waals surface area (Å²) in [5, 5.41) is 0.170. The molecule has 1 aromatic rings. The second-order valence-corrected chi connectivity index (χ2v) is 7.99. The van der Waals surface area contributed by atoms with Crippen LogP contribution in [0.25, 0.3) is 0 Å². The van der Waals surface area contributed by atoms with E-state index < -0.39 is 0 Å². The summed E-state index contributed by atoms with van der Waals surface area (Å²) in [5.74, 6) is 1.77. The highest BCUT2D eigenvalue weighted by Gasteiger charge is 2.17. The van der Waals surface area contributed by atoms with Gasteiger partial charge in [0.25, 0.3) is 0 Å². The number of nitrogens with two attached hydrogens (primary N) is 1. The largest absolute Gasteiger partial charge is 0.496 e. The average Bonchev–Trinajstić information content (AvgIpc) is 2.62. The zero-order valence-electron chi connectivity index (χ0n) is 17.2. The third-order valence-electron chi connectivity index (χ3n) is 4.86. The van der Waals surface area contributed by atoms with Gasteiger partial charge >= 0.3 is 0 Å². The third kappa shape index (κ3) is 8.22. The predicted molar refractivity (Wildman–Crippen MR) is 116 cm³/mol. The van der Waals surface area contributed by atoms with Crippen LogP contribution in [0.3, 0.4) is 0 Å². The van der Waals surface area contributed by atoms with E-state index in [1.165, 1.54) is 51.4 Å². The van der Waals surface area contributed by atoms with Gasteiger partial charge in [-0.3, -0.25) is 0 Å². The maximum atomic E-state index is 5.96. The Morgan fingerprint density at radius 3 is 2.04 bits per heavy atom. The zero-order chi connectivity index (χ0) is 19.4. The quantitative estimate of drug-likeness (QED) is 0.302. The first kappa shape index (κ1) is 23.2. The van der Waals surface area contributed by atoms with E-state index in [-0.39, 0.29) is 11.3 Å². The van der Waals surface area contributed by atoms with E-state index in [4.69, 9.17) is 27.8 Å². The Balaban J connectivity index is 2.57. The number of benzene rings is 1. The number of hydrogen-bond acceptors (Lipinski definition) is 4. The topological polar surface area (TPSA) is 44.5 Å². The van der Waals surface area contributed by atoms with E-state index in [2.05, 4.69) is 19.1 Å². The molecule has 4 heteroatoms. The fraction of sp³-hybridized carbons (Fsp3) is 0.727. The van der Waals surface area contributed by atoms with Crippen molar-refractivity contribution in [3.05, 3.63) is 23.3 Å². The van der Waals surface area contributed by atoms with Crippen LogP contribution in [0.4, 0.5) is 0 Å². The molecule has 0 aromatic heterocycles. The van der Waals surface area contributed by atoms with Crippen molar-refractivity contribution in [3.63, 3.8) is 0 Å². The van der Waals surface area contributed by atoms with Gasteiger partial charge in [-0.05, 0) is 37.5 Å². The van der Waals surface area contributed by atoms with Crippen LogP contribution >= 0.6 is 12.6 Å². The summed E-state index contributed by atoms with van der Waals surface area (Å²) in [4.78, 5) is 0. The maximum absolute atomic E-state index is 5.96. The maximum Gasteiger partial charge on any atom is 0.123 e. The number of thiol groups is 1. The van der Waals surface area contributed by atoms with Gasteiger partial charge in [0.2, 0.25) is 0 Å². The summed E-state index contributed by atoms with van der Waals surface area (Å²) in [6.07, 6.45) is 12.5. The molecule has 0 saturated carbocycles. The number of rotatable bonds is 14. The Morgan fingerprint density at radius 1 is 0.923 bits per heavy atom. The zero-order valence-corrected chi connectivity index (χ0v) is 18.1. The van der Waals surface area contributed by atoms with Crippen LogP contribution in [-0.2, 0) is 6.42 Å². The normalized spacial score (nSPS) is 13.5. The van der Waals surface area contributed by atoms with Gasteiger partial charge in [0.15, 0.2) is 0 Å². The van der Waals surface area contributed by atoms with E-state index in [1.54, 1.807) is 14.2 Å². The van der Waals surface area contributed by atoms with Gasteiger partial charge in [0.1, 0.15) is 11.5 Å². The number of hydrogen-bond donors (Lipinski definition) is 2. The lowest BCUT2D eigenvalue weighted by Crippen LogP contribution is -2.18. The molecule has 150 valence electrons. The van der Waals surface area contributed by atoms with E-state index in [9.17, 15) is 0 Å². The fourth-order valence-corrected chi connectivity index (χ4v) is 3.76. The van der Waals surface area contributed by atoms with Crippen molar-refractivity contribution in [2.24, 2.45) is 5.73 Å². The molecule has 0 radical (unpaired) electrons. The molecule has 0 amide bonds. The van der Waals surface area contributed by atoms with Crippen LogP contribution in [0.5, 0.6) is 11.5 Å². The molecule has 0 heterocycles. The first-order valence-corrected chi connectivity index (χ1v) is 10.7. The monoisotopic (exact) mass is 381 g/mol. The standard InChI is InChI=1S/C22H39NO2S/c1-5-6-7-8-9-10-11-12-13-22(26)19-16-20(24-3)18(14-17(2)23)15-21(19)25-4/h15-17,22,26H,5-14,23H2,1-4H3. The molecular formula is C22H39NO2S. The Hall–Kier alpha value is -0.870. The van der Waals surface area contributed by atoms with Crippen molar-refractivity contribution in [3.8, 4) is 11.5 Å². The molecule has 26 heavy (non-hydrogen) atoms. The van der Waals surface area contributed by atoms with E-state index >= 15 is 0 Å². The van der Waals surface area contributed by atoms with Gasteiger partial charge < -0.3 is 15.2 Å². The summed E-state index contributed by atoms with van der Waals surface area (Å²) in [7, 11) is 3.43. The molecule has 1 rings (SSSR count). The number of ether oxygens (including phenoxy) is 2. The first-order chi connectivity index (χ1) is 12.5. The van der Waals surface area contributed by atoms with Crippen molar-refractivity contribution < 1.29 is 9.47 Å². The Morgan fingerprint density at radius 2 is 1.50 bits per heavy atom. The lowest BCUT2D eigenvalue weighted by Gasteiger charge is -2.19. The van der Waals surface area contributed by atoms with Crippen molar-refractivity contribution in [1.82, 2.24) is 0 Å². The molecule has 2 unspecified atom stereocenters. The van der Waals surface area contributed by atoms with Crippen molar-refractivity contribution in [1.29, 1.82) is 0 Å². The molecule has 0 fully saturated rings. The molecule has 0 bridgehead atoms. The molecule has 2 N–H and O–H groups in total. The Labute approximate surface area is 166 Å². The molecule has 0 aliphatic heterocycles. The molecular weight excluding hydrogens is 342 g/mol. The smallest absolute Gasteiger partial charge is 0.123 e. The van der Waals surface area contributed by atoms with Gasteiger partial charge in [0, 0.05) is 16.9 Å².